The summed E-state index contributed by atoms with van der Waals surface area (Å²) in [5, 5.41) is 25.0. The third-order valence-electron chi connectivity index (χ3n) is 12.0. The van der Waals surface area contributed by atoms with E-state index in [2.05, 4.69) is 66.1 Å². The fraction of sp³-hybridized carbons (Fsp3) is 0.451. The van der Waals surface area contributed by atoms with Crippen molar-refractivity contribution >= 4 is 92.1 Å². The Labute approximate surface area is 432 Å². The summed E-state index contributed by atoms with van der Waals surface area (Å²) in [7, 11) is 8.09. The highest BCUT2D eigenvalue weighted by Gasteiger charge is 2.33. The molecular weight excluding hydrogens is 967 g/mol. The quantitative estimate of drug-likeness (QED) is 0.0868. The number of nitrogens with two attached hydrogens (primary N) is 1. The zero-order valence-corrected chi connectivity index (χ0v) is 44.4. The predicted octanol–water partition coefficient (Wildman–Crippen LogP) is 10.3. The fourth-order valence-corrected chi connectivity index (χ4v) is 9.26. The van der Waals surface area contributed by atoms with Gasteiger partial charge in [-0.1, -0.05) is 37.0 Å². The van der Waals surface area contributed by atoms with Crippen molar-refractivity contribution in [2.45, 2.75) is 113 Å². The van der Waals surface area contributed by atoms with Crippen LogP contribution in [0.4, 0.5) is 23.0 Å². The molecule has 0 bridgehead atoms. The summed E-state index contributed by atoms with van der Waals surface area (Å²) >= 11 is 16.7. The first-order valence-corrected chi connectivity index (χ1v) is 24.2. The molecule has 6 aromatic rings. The van der Waals surface area contributed by atoms with Gasteiger partial charge in [0.15, 0.2) is 11.3 Å². The van der Waals surface area contributed by atoms with Crippen molar-refractivity contribution in [1.82, 2.24) is 39.4 Å². The Kier molecular flexibility index (Phi) is 20.2. The van der Waals surface area contributed by atoms with Crippen LogP contribution < -0.4 is 26.2 Å². The molecule has 8 rings (SSSR count). The van der Waals surface area contributed by atoms with Crippen molar-refractivity contribution in [2.75, 3.05) is 62.1 Å². The molecule has 2 aliphatic rings. The maximum Gasteiger partial charge on any atom is 0.337 e. The third-order valence-corrected chi connectivity index (χ3v) is 12.6. The van der Waals surface area contributed by atoms with Crippen LogP contribution in [0.15, 0.2) is 36.4 Å². The molecule has 2 amide bonds. The number of nitrogen functional groups attached to an aromatic ring is 1. The van der Waals surface area contributed by atoms with Gasteiger partial charge >= 0.3 is 5.97 Å². The Morgan fingerprint density at radius 1 is 0.732 bits per heavy atom. The second-order valence-electron chi connectivity index (χ2n) is 18.1. The standard InChI is InChI=1S/C25H31ClN6O2.C15H23N5.C8H8ClNO2.C2H3ClO.CH4/c1-14-11-18(23(19(26)12-14)28-17(4)33)25(34)31-10-8-7-9-21(31)20-13-22-27-16(3)15(2)24(30(5)6)32(22)29-20;1-10-11(2)17-14-9-13(12-7-5-6-8-16-12)18-20(14)15(10)19(3)4;1-4-2-5(8(11)12)7(10)6(9)3-4;1-2(3)4;/h11-13,21H,7-10H2,1-6H3,(H,28,33);9,12,16H,5-8H2,1-4H3;2-3H,10H2,1H3,(H,11,12);1H3;1H4/t21-;12-;;;/m00.../s1. The molecule has 2 atom stereocenters. The molecule has 0 radical (unpaired) electrons. The largest absolute Gasteiger partial charge is 0.478 e. The maximum absolute atomic E-state index is 13.8. The van der Waals surface area contributed by atoms with Gasteiger partial charge in [0, 0.05) is 83.2 Å². The van der Waals surface area contributed by atoms with Crippen molar-refractivity contribution in [3.05, 3.63) is 103 Å². The number of anilines is 4. The Morgan fingerprint density at radius 3 is 1.72 bits per heavy atom. The lowest BCUT2D eigenvalue weighted by Gasteiger charge is -2.35. The number of nitrogens with one attached hydrogen (secondary N) is 2. The number of aromatic carboxylic acids is 1. The van der Waals surface area contributed by atoms with Crippen molar-refractivity contribution in [3.8, 4) is 0 Å². The average molecular weight is 1040 g/mol. The number of aromatic nitrogens is 6. The number of benzene rings is 2. The molecule has 384 valence electrons. The number of fused-ring (bicyclic) bond motifs is 2. The van der Waals surface area contributed by atoms with Crippen molar-refractivity contribution < 1.29 is 24.3 Å². The van der Waals surface area contributed by atoms with Crippen LogP contribution in [0, 0.1) is 41.5 Å². The number of hydrogen-bond acceptors (Lipinski definition) is 12. The summed E-state index contributed by atoms with van der Waals surface area (Å²) in [5.74, 6) is 0.598. The van der Waals surface area contributed by atoms with E-state index in [4.69, 9.17) is 49.2 Å². The summed E-state index contributed by atoms with van der Waals surface area (Å²) in [6, 6.07) is 10.9. The molecule has 2 saturated heterocycles. The SMILES string of the molecule is C.CC(=O)Cl.CC(=O)Nc1c(Cl)cc(C)cc1C(=O)N1CCCC[C@H]1c1cc2nc(C)c(C)c(N(C)C)n2n1.Cc1cc(Cl)c(N)c(C(=O)O)c1.Cc1nc2cc([C@@H]3CCCCN3)nn2c(N(C)C)c1C. The number of likely N-dealkylation sites (tertiary alicyclic amines) is 1. The van der Waals surface area contributed by atoms with Crippen molar-refractivity contribution in [1.29, 1.82) is 0 Å². The molecule has 0 saturated carbocycles. The number of carbonyl (C=O) groups excluding carboxylic acids is 3. The molecule has 20 heteroatoms. The number of nitrogens with zero attached hydrogens (tertiary/aromatic N) is 9. The molecule has 0 aliphatic carbocycles. The smallest absolute Gasteiger partial charge is 0.337 e. The molecule has 4 aromatic heterocycles. The topological polar surface area (TPSA) is 209 Å². The van der Waals surface area contributed by atoms with Crippen molar-refractivity contribution in [3.63, 3.8) is 0 Å². The zero-order chi connectivity index (χ0) is 51.9. The first-order chi connectivity index (χ1) is 32.9. The fourth-order valence-electron chi connectivity index (χ4n) is 8.67. The molecule has 0 spiro atoms. The number of amides is 2. The Balaban J connectivity index is 0.000000249. The normalized spacial score (nSPS) is 15.2. The molecule has 17 nitrogen and oxygen atoms in total. The van der Waals surface area contributed by atoms with Gasteiger partial charge in [-0.25, -0.2) is 14.8 Å². The molecule has 5 N–H and O–H groups in total. The van der Waals surface area contributed by atoms with Crippen LogP contribution in [0.2, 0.25) is 10.0 Å². The van der Waals surface area contributed by atoms with E-state index >= 15 is 0 Å². The van der Waals surface area contributed by atoms with Crippen LogP contribution in [0.5, 0.6) is 0 Å². The van der Waals surface area contributed by atoms with Gasteiger partial charge in [0.1, 0.15) is 11.6 Å². The van der Waals surface area contributed by atoms with Gasteiger partial charge in [-0.15, -0.1) is 0 Å². The predicted molar refractivity (Wildman–Crippen MR) is 287 cm³/mol. The molecule has 6 heterocycles. The van der Waals surface area contributed by atoms with E-state index in [1.165, 1.54) is 44.7 Å². The Hall–Kier alpha value is -6.01. The lowest BCUT2D eigenvalue weighted by molar-refractivity contribution is -0.114. The number of carbonyl (C=O) groups is 4. The summed E-state index contributed by atoms with van der Waals surface area (Å²) < 4.78 is 3.84. The highest BCUT2D eigenvalue weighted by molar-refractivity contribution is 6.62. The van der Waals surface area contributed by atoms with Crippen LogP contribution in [0.25, 0.3) is 11.3 Å². The number of halogens is 3. The summed E-state index contributed by atoms with van der Waals surface area (Å²) in [4.78, 5) is 60.9. The van der Waals surface area contributed by atoms with E-state index in [9.17, 15) is 19.2 Å². The molecule has 0 unspecified atom stereocenters. The van der Waals surface area contributed by atoms with Crippen LogP contribution >= 0.6 is 34.8 Å². The van der Waals surface area contributed by atoms with Crippen LogP contribution in [0.1, 0.15) is 138 Å². The Bertz CT molecular complexity index is 2900. The van der Waals surface area contributed by atoms with Gasteiger partial charge < -0.3 is 36.2 Å². The highest BCUT2D eigenvalue weighted by Crippen LogP contribution is 2.37. The van der Waals surface area contributed by atoms with Crippen molar-refractivity contribution in [2.24, 2.45) is 0 Å². The van der Waals surface area contributed by atoms with E-state index in [1.807, 2.05) is 59.8 Å². The molecule has 2 aromatic carbocycles. The number of aryl methyl sites for hydroxylation is 4. The number of carboxylic acids is 1. The van der Waals surface area contributed by atoms with Crippen LogP contribution in [0.3, 0.4) is 0 Å². The monoisotopic (exact) mass is 1030 g/mol. The Morgan fingerprint density at radius 2 is 1.23 bits per heavy atom. The summed E-state index contributed by atoms with van der Waals surface area (Å²) in [5.41, 5.74) is 15.9. The first kappa shape index (κ1) is 57.6. The van der Waals surface area contributed by atoms with E-state index in [-0.39, 0.29) is 46.8 Å². The zero-order valence-electron chi connectivity index (χ0n) is 42.1. The number of piperidine rings is 2. The minimum atomic E-state index is -1.06. The number of rotatable bonds is 7. The number of carboxylic acid groups (broad SMARTS) is 1. The molecule has 2 aliphatic heterocycles. The average Bonchev–Trinajstić information content (AvgIpc) is 3.90. The minimum Gasteiger partial charge on any atom is -0.478 e. The van der Waals surface area contributed by atoms with Gasteiger partial charge in [0.05, 0.1) is 56.0 Å². The number of hydrogen-bond donors (Lipinski definition) is 4. The molecule has 71 heavy (non-hydrogen) atoms. The molecule has 2 fully saturated rings. The van der Waals surface area contributed by atoms with Crippen LogP contribution in [-0.4, -0.2) is 104 Å². The molecular formula is C51H69Cl3N12O5. The summed E-state index contributed by atoms with van der Waals surface area (Å²) in [6.45, 7) is 16.2. The van der Waals surface area contributed by atoms with Gasteiger partial charge in [-0.05, 0) is 127 Å². The van der Waals surface area contributed by atoms with E-state index < -0.39 is 5.97 Å². The highest BCUT2D eigenvalue weighted by atomic mass is 35.5. The second kappa shape index (κ2) is 24.9. The third kappa shape index (κ3) is 13.9. The van der Waals surface area contributed by atoms with Gasteiger partial charge in [-0.3, -0.25) is 14.4 Å². The second-order valence-corrected chi connectivity index (χ2v) is 19.5. The van der Waals surface area contributed by atoms with E-state index in [0.717, 1.165) is 88.2 Å². The van der Waals surface area contributed by atoms with E-state index in [1.54, 1.807) is 25.1 Å². The van der Waals surface area contributed by atoms with Gasteiger partial charge in [-0.2, -0.15) is 19.2 Å². The van der Waals surface area contributed by atoms with Gasteiger partial charge in [0.2, 0.25) is 11.1 Å². The lowest BCUT2D eigenvalue weighted by atomic mass is 9.97. The summed E-state index contributed by atoms with van der Waals surface area (Å²) in [6.07, 6.45) is 6.42. The van der Waals surface area contributed by atoms with Crippen LogP contribution in [-0.2, 0) is 9.59 Å². The van der Waals surface area contributed by atoms with Gasteiger partial charge in [0.25, 0.3) is 5.91 Å². The lowest BCUT2D eigenvalue weighted by Crippen LogP contribution is -2.39. The first-order valence-electron chi connectivity index (χ1n) is 23.1. The van der Waals surface area contributed by atoms with E-state index in [0.29, 0.717) is 28.9 Å². The minimum absolute atomic E-state index is 0. The maximum atomic E-state index is 13.8.